The van der Waals surface area contributed by atoms with E-state index in [0.29, 0.717) is 12.1 Å². The summed E-state index contributed by atoms with van der Waals surface area (Å²) >= 11 is 0. The number of hydrogen-bond acceptors (Lipinski definition) is 4. The van der Waals surface area contributed by atoms with Crippen LogP contribution in [0.3, 0.4) is 0 Å². The van der Waals surface area contributed by atoms with Crippen molar-refractivity contribution in [1.82, 2.24) is 9.21 Å². The molecule has 28 heavy (non-hydrogen) atoms. The van der Waals surface area contributed by atoms with Gasteiger partial charge in [-0.25, -0.2) is 12.7 Å². The summed E-state index contributed by atoms with van der Waals surface area (Å²) in [6, 6.07) is 15.9. The predicted octanol–water partition coefficient (Wildman–Crippen LogP) is 2.23. The molecule has 0 radical (unpaired) electrons. The molecule has 6 nitrogen and oxygen atoms in total. The van der Waals surface area contributed by atoms with Gasteiger partial charge in [0.05, 0.1) is 4.90 Å². The van der Waals surface area contributed by atoms with Crippen molar-refractivity contribution in [3.8, 4) is 0 Å². The second-order valence-corrected chi connectivity index (χ2v) is 10.7. The molecule has 2 atom stereocenters. The Labute approximate surface area is 169 Å². The van der Waals surface area contributed by atoms with Crippen LogP contribution in [0.2, 0.25) is 0 Å². The van der Waals surface area contributed by atoms with Crippen molar-refractivity contribution in [3.63, 3.8) is 0 Å². The van der Waals surface area contributed by atoms with Gasteiger partial charge in [0.15, 0.2) is 0 Å². The first-order valence-corrected chi connectivity index (χ1v) is 11.6. The largest absolute Gasteiger partial charge is 0.340 e. The van der Waals surface area contributed by atoms with E-state index in [0.717, 1.165) is 9.87 Å². The standard InChI is InChI=1S/C20H26N2O4S2/c1-16(20(23)22(4)14-17-9-6-5-7-10-17)27(24)15-18-11-8-12-19(13-18)28(25,26)21(2)3/h5-13,16H,14-15H2,1-4H3. The lowest BCUT2D eigenvalue weighted by Crippen LogP contribution is -2.37. The summed E-state index contributed by atoms with van der Waals surface area (Å²) in [4.78, 5) is 14.3. The fourth-order valence-corrected chi connectivity index (χ4v) is 4.79. The molecule has 0 heterocycles. The molecule has 0 spiro atoms. The van der Waals surface area contributed by atoms with Gasteiger partial charge in [-0.05, 0) is 30.2 Å². The van der Waals surface area contributed by atoms with Gasteiger partial charge in [-0.1, -0.05) is 42.5 Å². The van der Waals surface area contributed by atoms with Crippen molar-refractivity contribution in [2.75, 3.05) is 21.1 Å². The summed E-state index contributed by atoms with van der Waals surface area (Å²) in [5.74, 6) is -0.0951. The molecule has 0 saturated carbocycles. The molecule has 0 N–H and O–H groups in total. The molecule has 0 aliphatic carbocycles. The number of sulfonamides is 1. The summed E-state index contributed by atoms with van der Waals surface area (Å²) < 4.78 is 38.4. The van der Waals surface area contributed by atoms with Gasteiger partial charge in [0.1, 0.15) is 5.25 Å². The van der Waals surface area contributed by atoms with E-state index in [9.17, 15) is 17.4 Å². The van der Waals surface area contributed by atoms with E-state index in [4.69, 9.17) is 0 Å². The smallest absolute Gasteiger partial charge is 0.242 e. The van der Waals surface area contributed by atoms with E-state index < -0.39 is 26.1 Å². The highest BCUT2D eigenvalue weighted by Crippen LogP contribution is 2.17. The molecule has 0 aliphatic heterocycles. The van der Waals surface area contributed by atoms with Crippen molar-refractivity contribution < 1.29 is 17.4 Å². The van der Waals surface area contributed by atoms with Crippen molar-refractivity contribution in [2.45, 2.75) is 29.4 Å². The van der Waals surface area contributed by atoms with E-state index in [1.54, 1.807) is 31.0 Å². The van der Waals surface area contributed by atoms with Gasteiger partial charge in [-0.2, -0.15) is 0 Å². The first-order chi connectivity index (χ1) is 13.1. The molecule has 0 aliphatic rings. The lowest BCUT2D eigenvalue weighted by molar-refractivity contribution is -0.129. The van der Waals surface area contributed by atoms with E-state index in [1.165, 1.54) is 26.2 Å². The van der Waals surface area contributed by atoms with Crippen LogP contribution in [-0.4, -0.2) is 54.1 Å². The Morgan fingerprint density at radius 1 is 1.00 bits per heavy atom. The molecule has 0 saturated heterocycles. The van der Waals surface area contributed by atoms with E-state index >= 15 is 0 Å². The van der Waals surface area contributed by atoms with Gasteiger partial charge >= 0.3 is 0 Å². The number of amides is 1. The fraction of sp³-hybridized carbons (Fsp3) is 0.350. The summed E-state index contributed by atoms with van der Waals surface area (Å²) in [5, 5.41) is -0.692. The molecule has 2 unspecified atom stereocenters. The summed E-state index contributed by atoms with van der Waals surface area (Å²) in [5.41, 5.74) is 1.62. The zero-order chi connectivity index (χ0) is 20.9. The average Bonchev–Trinajstić information content (AvgIpc) is 2.67. The molecule has 1 amide bonds. The van der Waals surface area contributed by atoms with Crippen LogP contribution < -0.4 is 0 Å². The molecular formula is C20H26N2O4S2. The van der Waals surface area contributed by atoms with Crippen molar-refractivity contribution in [3.05, 3.63) is 65.7 Å². The lowest BCUT2D eigenvalue weighted by atomic mass is 10.2. The van der Waals surface area contributed by atoms with Crippen LogP contribution in [0.15, 0.2) is 59.5 Å². The van der Waals surface area contributed by atoms with Gasteiger partial charge in [0.25, 0.3) is 0 Å². The lowest BCUT2D eigenvalue weighted by Gasteiger charge is -2.21. The second-order valence-electron chi connectivity index (χ2n) is 6.78. The number of rotatable bonds is 8. The molecule has 0 bridgehead atoms. The second kappa shape index (κ2) is 9.45. The Bertz CT molecular complexity index is 944. The Morgan fingerprint density at radius 3 is 2.21 bits per heavy atom. The maximum Gasteiger partial charge on any atom is 0.242 e. The highest BCUT2D eigenvalue weighted by Gasteiger charge is 2.24. The van der Waals surface area contributed by atoms with Crippen LogP contribution in [0, 0.1) is 0 Å². The number of benzene rings is 2. The average molecular weight is 423 g/mol. The SMILES string of the molecule is CC(C(=O)N(C)Cc1ccccc1)S(=O)Cc1cccc(S(=O)(=O)N(C)C)c1. The van der Waals surface area contributed by atoms with E-state index in [1.807, 2.05) is 30.3 Å². The third-order valence-corrected chi connectivity index (χ3v) is 7.79. The minimum absolute atomic E-state index is 0.114. The van der Waals surface area contributed by atoms with Gasteiger partial charge in [-0.3, -0.25) is 9.00 Å². The topological polar surface area (TPSA) is 74.8 Å². The quantitative estimate of drug-likeness (QED) is 0.654. The minimum Gasteiger partial charge on any atom is -0.340 e. The Hall–Kier alpha value is -2.03. The highest BCUT2D eigenvalue weighted by molar-refractivity contribution is 7.89. The highest BCUT2D eigenvalue weighted by atomic mass is 32.2. The first kappa shape index (κ1) is 22.3. The summed E-state index contributed by atoms with van der Waals surface area (Å²) in [6.45, 7) is 2.08. The number of carbonyl (C=O) groups excluding carboxylic acids is 1. The first-order valence-electron chi connectivity index (χ1n) is 8.80. The van der Waals surface area contributed by atoms with E-state index in [-0.39, 0.29) is 16.6 Å². The zero-order valence-electron chi connectivity index (χ0n) is 16.5. The number of carbonyl (C=O) groups is 1. The van der Waals surface area contributed by atoms with Gasteiger partial charge < -0.3 is 4.90 Å². The monoisotopic (exact) mass is 422 g/mol. The summed E-state index contributed by atoms with van der Waals surface area (Å²) in [6.07, 6.45) is 0. The molecule has 8 heteroatoms. The van der Waals surface area contributed by atoms with Gasteiger partial charge in [0.2, 0.25) is 15.9 Å². The molecule has 152 valence electrons. The molecule has 2 aromatic rings. The van der Waals surface area contributed by atoms with Gasteiger partial charge in [0, 0.05) is 44.2 Å². The Balaban J connectivity index is 2.07. The molecule has 2 rings (SSSR count). The Kier molecular flexibility index (Phi) is 7.51. The third-order valence-electron chi connectivity index (χ3n) is 4.37. The van der Waals surface area contributed by atoms with Crippen molar-refractivity contribution in [2.24, 2.45) is 0 Å². The maximum absolute atomic E-state index is 12.7. The normalized spacial score (nSPS) is 13.9. The predicted molar refractivity (Wildman–Crippen MR) is 112 cm³/mol. The number of hydrogen-bond donors (Lipinski definition) is 0. The van der Waals surface area contributed by atoms with Crippen LogP contribution in [0.1, 0.15) is 18.1 Å². The molecule has 0 aromatic heterocycles. The zero-order valence-corrected chi connectivity index (χ0v) is 18.2. The van der Waals surface area contributed by atoms with Crippen LogP contribution in [0.5, 0.6) is 0 Å². The van der Waals surface area contributed by atoms with Crippen LogP contribution in [0.25, 0.3) is 0 Å². The number of nitrogens with zero attached hydrogens (tertiary/aromatic N) is 2. The third kappa shape index (κ3) is 5.50. The van der Waals surface area contributed by atoms with E-state index in [2.05, 4.69) is 0 Å². The maximum atomic E-state index is 12.7. The minimum atomic E-state index is -3.56. The Morgan fingerprint density at radius 2 is 1.61 bits per heavy atom. The van der Waals surface area contributed by atoms with Crippen molar-refractivity contribution >= 4 is 26.7 Å². The molecule has 2 aromatic carbocycles. The fourth-order valence-electron chi connectivity index (χ4n) is 2.65. The summed E-state index contributed by atoms with van der Waals surface area (Å²) in [7, 11) is -0.419. The van der Waals surface area contributed by atoms with Crippen LogP contribution in [0.4, 0.5) is 0 Å². The van der Waals surface area contributed by atoms with Crippen molar-refractivity contribution in [1.29, 1.82) is 0 Å². The molecular weight excluding hydrogens is 396 g/mol. The van der Waals surface area contributed by atoms with Crippen LogP contribution in [-0.2, 0) is 37.9 Å². The molecule has 0 fully saturated rings. The van der Waals surface area contributed by atoms with Gasteiger partial charge in [-0.15, -0.1) is 0 Å². The van der Waals surface area contributed by atoms with Crippen LogP contribution >= 0.6 is 0 Å².